The van der Waals surface area contributed by atoms with Crippen LogP contribution in [0.4, 0.5) is 0 Å². The fraction of sp³-hybridized carbons (Fsp3) is 0.733. The van der Waals surface area contributed by atoms with E-state index in [2.05, 4.69) is 0 Å². The molecule has 1 atom stereocenters. The molecule has 0 bridgehead atoms. The summed E-state index contributed by atoms with van der Waals surface area (Å²) < 4.78 is 48.3. The molecule has 0 aliphatic carbocycles. The van der Waals surface area contributed by atoms with Crippen LogP contribution in [0.15, 0.2) is 22.8 Å². The van der Waals surface area contributed by atoms with Crippen molar-refractivity contribution in [3.8, 4) is 0 Å². The van der Waals surface area contributed by atoms with E-state index in [0.717, 1.165) is 12.8 Å². The number of morpholine rings is 1. The van der Waals surface area contributed by atoms with Crippen LogP contribution < -0.4 is 0 Å². The summed E-state index contributed by atoms with van der Waals surface area (Å²) in [4.78, 5) is 0. The first-order chi connectivity index (χ1) is 11.1. The van der Waals surface area contributed by atoms with Gasteiger partial charge in [0.1, 0.15) is 11.9 Å². The summed E-state index contributed by atoms with van der Waals surface area (Å²) in [7, 11) is -3.35. The molecule has 0 spiro atoms. The summed E-state index contributed by atoms with van der Waals surface area (Å²) >= 11 is 0. The van der Waals surface area contributed by atoms with Crippen LogP contribution in [-0.4, -0.2) is 64.1 Å². The first-order valence-corrected chi connectivity index (χ1v) is 9.58. The third-order valence-corrected chi connectivity index (χ3v) is 5.95. The highest BCUT2D eigenvalue weighted by molar-refractivity contribution is 7.89. The number of ether oxygens (including phenoxy) is 3. The molecule has 1 aromatic heterocycles. The third kappa shape index (κ3) is 4.54. The normalized spacial score (nSPS) is 24.8. The molecule has 8 heteroatoms. The Morgan fingerprint density at radius 3 is 2.83 bits per heavy atom. The molecule has 2 saturated heterocycles. The first kappa shape index (κ1) is 16.9. The predicted molar refractivity (Wildman–Crippen MR) is 82.6 cm³/mol. The van der Waals surface area contributed by atoms with E-state index in [1.165, 1.54) is 4.31 Å². The Labute approximate surface area is 136 Å². The lowest BCUT2D eigenvalue weighted by atomic mass is 10.2. The Balaban J connectivity index is 1.50. The van der Waals surface area contributed by atoms with Gasteiger partial charge in [-0.25, -0.2) is 8.42 Å². The minimum absolute atomic E-state index is 0.00473. The maximum absolute atomic E-state index is 12.5. The smallest absolute Gasteiger partial charge is 0.216 e. The van der Waals surface area contributed by atoms with Gasteiger partial charge in [0.2, 0.25) is 10.0 Å². The minimum atomic E-state index is -3.35. The van der Waals surface area contributed by atoms with Crippen molar-refractivity contribution >= 4 is 10.0 Å². The van der Waals surface area contributed by atoms with E-state index in [1.54, 1.807) is 18.4 Å². The summed E-state index contributed by atoms with van der Waals surface area (Å²) in [6.07, 6.45) is 2.99. The minimum Gasteiger partial charge on any atom is -0.467 e. The summed E-state index contributed by atoms with van der Waals surface area (Å²) in [5, 5.41) is 0. The van der Waals surface area contributed by atoms with E-state index >= 15 is 0 Å². The topological polar surface area (TPSA) is 78.2 Å². The summed E-state index contributed by atoms with van der Waals surface area (Å²) in [6.45, 7) is 2.61. The lowest BCUT2D eigenvalue weighted by Gasteiger charge is -2.31. The maximum atomic E-state index is 12.5. The van der Waals surface area contributed by atoms with Crippen molar-refractivity contribution < 1.29 is 27.0 Å². The standard InChI is InChI=1S/C15H23NO6S/c17-23(18,11-10-20-13-3-7-19-8-4-13)16-5-9-22-15(12-16)14-2-1-6-21-14/h1-2,6,13,15H,3-5,7-12H2. The first-order valence-electron chi connectivity index (χ1n) is 7.97. The molecule has 2 fully saturated rings. The molecule has 2 aliphatic rings. The number of hydrogen-bond acceptors (Lipinski definition) is 6. The van der Waals surface area contributed by atoms with Crippen LogP contribution in [-0.2, 0) is 24.2 Å². The van der Waals surface area contributed by atoms with Gasteiger partial charge in [0.15, 0.2) is 0 Å². The fourth-order valence-corrected chi connectivity index (χ4v) is 4.10. The molecule has 7 nitrogen and oxygen atoms in total. The second kappa shape index (κ2) is 7.76. The Kier molecular flexibility index (Phi) is 5.71. The number of rotatable bonds is 6. The molecule has 2 aliphatic heterocycles. The predicted octanol–water partition coefficient (Wildman–Crippen LogP) is 1.18. The zero-order valence-electron chi connectivity index (χ0n) is 13.1. The van der Waals surface area contributed by atoms with Crippen molar-refractivity contribution in [1.29, 1.82) is 0 Å². The number of hydrogen-bond donors (Lipinski definition) is 0. The summed E-state index contributed by atoms with van der Waals surface area (Å²) in [5.74, 6) is 0.651. The quantitative estimate of drug-likeness (QED) is 0.770. The molecule has 0 radical (unpaired) electrons. The van der Waals surface area contributed by atoms with Gasteiger partial charge in [-0.1, -0.05) is 0 Å². The molecule has 0 saturated carbocycles. The zero-order valence-corrected chi connectivity index (χ0v) is 13.9. The Hall–Kier alpha value is -0.930. The van der Waals surface area contributed by atoms with Gasteiger partial charge in [-0.15, -0.1) is 0 Å². The van der Waals surface area contributed by atoms with Gasteiger partial charge in [-0.05, 0) is 25.0 Å². The van der Waals surface area contributed by atoms with Crippen molar-refractivity contribution in [3.05, 3.63) is 24.2 Å². The van der Waals surface area contributed by atoms with Crippen LogP contribution in [0.3, 0.4) is 0 Å². The van der Waals surface area contributed by atoms with Crippen molar-refractivity contribution in [2.75, 3.05) is 45.3 Å². The van der Waals surface area contributed by atoms with Crippen LogP contribution >= 0.6 is 0 Å². The average molecular weight is 345 g/mol. The molecule has 130 valence electrons. The summed E-state index contributed by atoms with van der Waals surface area (Å²) in [5.41, 5.74) is 0. The van der Waals surface area contributed by atoms with Gasteiger partial charge in [-0.2, -0.15) is 4.31 Å². The van der Waals surface area contributed by atoms with Gasteiger partial charge >= 0.3 is 0 Å². The molecule has 0 N–H and O–H groups in total. The van der Waals surface area contributed by atoms with Crippen LogP contribution in [0.5, 0.6) is 0 Å². The van der Waals surface area contributed by atoms with E-state index in [4.69, 9.17) is 18.6 Å². The molecular weight excluding hydrogens is 322 g/mol. The third-order valence-electron chi connectivity index (χ3n) is 4.15. The molecule has 1 aromatic rings. The van der Waals surface area contributed by atoms with Gasteiger partial charge in [0.25, 0.3) is 0 Å². The Bertz CT molecular complexity index is 567. The second-order valence-corrected chi connectivity index (χ2v) is 7.82. The highest BCUT2D eigenvalue weighted by Crippen LogP contribution is 2.24. The SMILES string of the molecule is O=S(=O)(CCOC1CCOCC1)N1CCOC(c2ccco2)C1. The number of nitrogens with zero attached hydrogens (tertiary/aromatic N) is 1. The fourth-order valence-electron chi connectivity index (χ4n) is 2.82. The van der Waals surface area contributed by atoms with E-state index < -0.39 is 10.0 Å². The van der Waals surface area contributed by atoms with Crippen molar-refractivity contribution in [2.24, 2.45) is 0 Å². The Morgan fingerprint density at radius 1 is 1.26 bits per heavy atom. The van der Waals surface area contributed by atoms with Gasteiger partial charge in [-0.3, -0.25) is 0 Å². The number of sulfonamides is 1. The molecule has 0 amide bonds. The van der Waals surface area contributed by atoms with Gasteiger partial charge in [0, 0.05) is 26.3 Å². The molecule has 23 heavy (non-hydrogen) atoms. The summed E-state index contributed by atoms with van der Waals surface area (Å²) in [6, 6.07) is 3.57. The van der Waals surface area contributed by atoms with Crippen LogP contribution in [0.2, 0.25) is 0 Å². The highest BCUT2D eigenvalue weighted by atomic mass is 32.2. The lowest BCUT2D eigenvalue weighted by Crippen LogP contribution is -2.44. The molecule has 1 unspecified atom stereocenters. The maximum Gasteiger partial charge on any atom is 0.216 e. The second-order valence-electron chi connectivity index (χ2n) is 5.73. The van der Waals surface area contributed by atoms with E-state index in [1.807, 2.05) is 0 Å². The van der Waals surface area contributed by atoms with Gasteiger partial charge < -0.3 is 18.6 Å². The number of furan rings is 1. The van der Waals surface area contributed by atoms with Crippen LogP contribution in [0, 0.1) is 0 Å². The molecule has 3 rings (SSSR count). The largest absolute Gasteiger partial charge is 0.467 e. The lowest BCUT2D eigenvalue weighted by molar-refractivity contribution is -0.0279. The average Bonchev–Trinajstić information content (AvgIpc) is 3.10. The van der Waals surface area contributed by atoms with E-state index in [0.29, 0.717) is 32.1 Å². The van der Waals surface area contributed by atoms with E-state index in [-0.39, 0.29) is 31.1 Å². The monoisotopic (exact) mass is 345 g/mol. The highest BCUT2D eigenvalue weighted by Gasteiger charge is 2.31. The van der Waals surface area contributed by atoms with E-state index in [9.17, 15) is 8.42 Å². The van der Waals surface area contributed by atoms with Crippen molar-refractivity contribution in [1.82, 2.24) is 4.31 Å². The molecular formula is C15H23NO6S. The Morgan fingerprint density at radius 2 is 2.09 bits per heavy atom. The van der Waals surface area contributed by atoms with Crippen LogP contribution in [0.1, 0.15) is 24.7 Å². The zero-order chi connectivity index (χ0) is 16.1. The van der Waals surface area contributed by atoms with Crippen LogP contribution in [0.25, 0.3) is 0 Å². The van der Waals surface area contributed by atoms with Gasteiger partial charge in [0.05, 0.1) is 31.3 Å². The molecule has 3 heterocycles. The van der Waals surface area contributed by atoms with Crippen molar-refractivity contribution in [3.63, 3.8) is 0 Å². The van der Waals surface area contributed by atoms with Crippen molar-refractivity contribution in [2.45, 2.75) is 25.0 Å². The molecule has 0 aromatic carbocycles.